The second-order valence-electron chi connectivity index (χ2n) is 9.20. The summed E-state index contributed by atoms with van der Waals surface area (Å²) in [7, 11) is 0. The van der Waals surface area contributed by atoms with Gasteiger partial charge in [-0.25, -0.2) is 0 Å². The van der Waals surface area contributed by atoms with Crippen LogP contribution in [0.15, 0.2) is 23.8 Å². The second kappa shape index (κ2) is 5.91. The number of carbonyl (C=O) groups is 2. The van der Waals surface area contributed by atoms with Crippen molar-refractivity contribution in [1.29, 1.82) is 0 Å². The van der Waals surface area contributed by atoms with E-state index in [0.29, 0.717) is 19.3 Å². The lowest BCUT2D eigenvalue weighted by Crippen LogP contribution is -2.67. The Morgan fingerprint density at radius 2 is 2.00 bits per heavy atom. The number of allylic oxidation sites excluding steroid dienone is 4. The van der Waals surface area contributed by atoms with Crippen LogP contribution in [-0.4, -0.2) is 44.2 Å². The van der Waals surface area contributed by atoms with E-state index in [9.17, 15) is 19.8 Å². The van der Waals surface area contributed by atoms with Gasteiger partial charge in [0, 0.05) is 10.8 Å². The topological polar surface area (TPSA) is 74.6 Å². The van der Waals surface area contributed by atoms with Gasteiger partial charge in [0.2, 0.25) is 0 Å². The Hall–Kier alpha value is -0.680. The molecule has 0 aromatic rings. The van der Waals surface area contributed by atoms with E-state index < -0.39 is 39.1 Å². The van der Waals surface area contributed by atoms with E-state index in [2.05, 4.69) is 6.92 Å². The highest BCUT2D eigenvalue weighted by atomic mass is 35.5. The van der Waals surface area contributed by atoms with Crippen molar-refractivity contribution in [3.63, 3.8) is 0 Å². The van der Waals surface area contributed by atoms with E-state index in [1.165, 1.54) is 0 Å². The molecule has 0 aromatic heterocycles. The Labute approximate surface area is 169 Å². The van der Waals surface area contributed by atoms with Crippen LogP contribution in [0.2, 0.25) is 0 Å². The summed E-state index contributed by atoms with van der Waals surface area (Å²) in [4.78, 5) is 23.6. The van der Waals surface area contributed by atoms with E-state index in [0.717, 1.165) is 18.4 Å². The molecule has 4 aliphatic carbocycles. The molecule has 0 saturated heterocycles. The normalized spacial score (nSPS) is 51.3. The van der Waals surface area contributed by atoms with Crippen molar-refractivity contribution < 1.29 is 19.8 Å². The summed E-state index contributed by atoms with van der Waals surface area (Å²) < 4.78 is 0. The molecule has 0 unspecified atom stereocenters. The molecule has 27 heavy (non-hydrogen) atoms. The minimum atomic E-state index is -1.56. The fourth-order valence-corrected chi connectivity index (χ4v) is 7.97. The van der Waals surface area contributed by atoms with Crippen LogP contribution in [-0.2, 0) is 9.59 Å². The highest BCUT2D eigenvalue weighted by Gasteiger charge is 2.72. The second-order valence-corrected chi connectivity index (χ2v) is 10.3. The number of carbonyl (C=O) groups excluding carboxylic acids is 2. The molecule has 4 nitrogen and oxygen atoms in total. The molecule has 4 aliphatic rings. The number of hydrogen-bond donors (Lipinski definition) is 2. The van der Waals surface area contributed by atoms with E-state index >= 15 is 0 Å². The zero-order valence-electron chi connectivity index (χ0n) is 15.7. The highest BCUT2D eigenvalue weighted by molar-refractivity contribution is 6.34. The smallest absolute Gasteiger partial charge is 0.190 e. The van der Waals surface area contributed by atoms with Crippen LogP contribution in [0.1, 0.15) is 46.0 Å². The minimum Gasteiger partial charge on any atom is -0.388 e. The predicted molar refractivity (Wildman–Crippen MR) is 104 cm³/mol. The van der Waals surface area contributed by atoms with E-state index in [-0.39, 0.29) is 17.6 Å². The van der Waals surface area contributed by atoms with Crippen molar-refractivity contribution in [3.8, 4) is 0 Å². The average molecular weight is 413 g/mol. The van der Waals surface area contributed by atoms with Crippen molar-refractivity contribution in [2.75, 3.05) is 6.61 Å². The Kier molecular flexibility index (Phi) is 4.30. The summed E-state index contributed by atoms with van der Waals surface area (Å²) in [6, 6.07) is 0. The maximum atomic E-state index is 12.4. The van der Waals surface area contributed by atoms with Gasteiger partial charge >= 0.3 is 0 Å². The van der Waals surface area contributed by atoms with Gasteiger partial charge in [0.05, 0.1) is 10.3 Å². The summed E-state index contributed by atoms with van der Waals surface area (Å²) in [5.74, 6) is -0.489. The number of halogens is 2. The van der Waals surface area contributed by atoms with Crippen molar-refractivity contribution in [2.24, 2.45) is 22.7 Å². The standard InChI is InChI=1S/C21H26Cl2O4/c1-18-7-5-13(25)9-12(18)3-4-15-14-6-8-20(27,17(26)11-24)19(14,2)10-16(22)21(15,18)23/h5,7,9,14-16,24,27H,3-4,6,8,10-11H2,1-2H3/t14-,15+,16-,18+,19-,20-,21-/m0/s1. The summed E-state index contributed by atoms with van der Waals surface area (Å²) in [5, 5.41) is 20.2. The quantitative estimate of drug-likeness (QED) is 0.682. The molecule has 6 heteroatoms. The first-order valence-corrected chi connectivity index (χ1v) is 10.5. The largest absolute Gasteiger partial charge is 0.388 e. The third kappa shape index (κ3) is 2.19. The van der Waals surface area contributed by atoms with Gasteiger partial charge < -0.3 is 10.2 Å². The first-order valence-electron chi connectivity index (χ1n) is 9.68. The Bertz CT molecular complexity index is 776. The minimum absolute atomic E-state index is 0.0148. The third-order valence-corrected chi connectivity index (χ3v) is 9.90. The van der Waals surface area contributed by atoms with Crippen LogP contribution in [0, 0.1) is 22.7 Å². The highest BCUT2D eigenvalue weighted by Crippen LogP contribution is 2.71. The summed E-state index contributed by atoms with van der Waals surface area (Å²) in [6.45, 7) is 3.31. The van der Waals surface area contributed by atoms with Gasteiger partial charge in [-0.15, -0.1) is 23.2 Å². The molecule has 0 spiro atoms. The summed E-state index contributed by atoms with van der Waals surface area (Å²) in [6.07, 6.45) is 8.11. The molecule has 0 heterocycles. The van der Waals surface area contributed by atoms with Crippen molar-refractivity contribution in [3.05, 3.63) is 23.8 Å². The zero-order chi connectivity index (χ0) is 19.8. The van der Waals surface area contributed by atoms with Gasteiger partial charge in [-0.05, 0) is 56.1 Å². The fourth-order valence-electron chi connectivity index (χ4n) is 6.74. The number of Topliss-reactive ketones (excluding diaryl/α,β-unsaturated/α-hetero) is 1. The number of rotatable bonds is 2. The lowest BCUT2D eigenvalue weighted by atomic mass is 9.46. The number of alkyl halides is 2. The van der Waals surface area contributed by atoms with Gasteiger partial charge in [0.1, 0.15) is 12.2 Å². The number of fused-ring (bicyclic) bond motifs is 5. The molecule has 3 fully saturated rings. The molecular weight excluding hydrogens is 387 g/mol. The molecule has 0 radical (unpaired) electrons. The Morgan fingerprint density at radius 3 is 2.67 bits per heavy atom. The van der Waals surface area contributed by atoms with Crippen LogP contribution in [0.5, 0.6) is 0 Å². The van der Waals surface area contributed by atoms with Crippen molar-refractivity contribution >= 4 is 34.8 Å². The molecule has 4 rings (SSSR count). The van der Waals surface area contributed by atoms with Crippen LogP contribution >= 0.6 is 23.2 Å². The SMILES string of the molecule is C[C@]12C[C@H](Cl)[C@@]3(Cl)[C@H](CCC4=CC(=O)C=C[C@]43C)[C@@H]1CC[C@]2(O)C(=O)CO. The van der Waals surface area contributed by atoms with Crippen LogP contribution < -0.4 is 0 Å². The zero-order valence-corrected chi connectivity index (χ0v) is 17.2. The van der Waals surface area contributed by atoms with Crippen LogP contribution in [0.3, 0.4) is 0 Å². The summed E-state index contributed by atoms with van der Waals surface area (Å²) in [5.41, 5.74) is -1.78. The van der Waals surface area contributed by atoms with E-state index in [4.69, 9.17) is 23.2 Å². The number of aliphatic hydroxyl groups is 2. The molecule has 0 bridgehead atoms. The van der Waals surface area contributed by atoms with Gasteiger partial charge in [-0.3, -0.25) is 9.59 Å². The molecular formula is C21H26Cl2O4. The maximum absolute atomic E-state index is 12.4. The van der Waals surface area contributed by atoms with Crippen molar-refractivity contribution in [1.82, 2.24) is 0 Å². The molecule has 0 aliphatic heterocycles. The van der Waals surface area contributed by atoms with E-state index in [1.54, 1.807) is 12.2 Å². The first-order chi connectivity index (χ1) is 12.5. The van der Waals surface area contributed by atoms with E-state index in [1.807, 2.05) is 13.0 Å². The van der Waals surface area contributed by atoms with Gasteiger partial charge in [-0.2, -0.15) is 0 Å². The monoisotopic (exact) mass is 412 g/mol. The lowest BCUT2D eigenvalue weighted by molar-refractivity contribution is -0.161. The number of aliphatic hydroxyl groups excluding tert-OH is 1. The third-order valence-electron chi connectivity index (χ3n) is 8.35. The molecule has 0 aromatic carbocycles. The Morgan fingerprint density at radius 1 is 1.30 bits per heavy atom. The van der Waals surface area contributed by atoms with Gasteiger partial charge in [0.25, 0.3) is 0 Å². The Balaban J connectivity index is 1.81. The first kappa shape index (κ1) is 19.6. The maximum Gasteiger partial charge on any atom is 0.190 e. The van der Waals surface area contributed by atoms with Crippen LogP contribution in [0.25, 0.3) is 0 Å². The molecule has 0 amide bonds. The average Bonchev–Trinajstić information content (AvgIpc) is 2.88. The number of hydrogen-bond acceptors (Lipinski definition) is 4. The predicted octanol–water partition coefficient (Wildman–Crippen LogP) is 3.17. The molecule has 2 N–H and O–H groups in total. The molecule has 3 saturated carbocycles. The summed E-state index contributed by atoms with van der Waals surface area (Å²) >= 11 is 14.3. The van der Waals surface area contributed by atoms with Crippen LogP contribution in [0.4, 0.5) is 0 Å². The van der Waals surface area contributed by atoms with Crippen molar-refractivity contribution in [2.45, 2.75) is 61.8 Å². The van der Waals surface area contributed by atoms with Gasteiger partial charge in [-0.1, -0.05) is 25.5 Å². The fraction of sp³-hybridized carbons (Fsp3) is 0.714. The molecule has 7 atom stereocenters. The lowest BCUT2D eigenvalue weighted by Gasteiger charge is -2.63. The van der Waals surface area contributed by atoms with Gasteiger partial charge in [0.15, 0.2) is 11.6 Å². The number of ketones is 2. The molecule has 148 valence electrons.